The fourth-order valence-electron chi connectivity index (χ4n) is 2.42. The van der Waals surface area contributed by atoms with Crippen molar-refractivity contribution in [2.75, 3.05) is 11.9 Å². The molecule has 1 amide bonds. The van der Waals surface area contributed by atoms with E-state index in [-0.39, 0.29) is 12.5 Å². The molecule has 5 heteroatoms. The number of hydrogen-bond acceptors (Lipinski definition) is 4. The zero-order valence-corrected chi connectivity index (χ0v) is 12.4. The number of amides is 1. The van der Waals surface area contributed by atoms with Gasteiger partial charge in [0.25, 0.3) is 5.91 Å². The van der Waals surface area contributed by atoms with E-state index in [4.69, 9.17) is 9.47 Å². The van der Waals surface area contributed by atoms with Crippen molar-refractivity contribution in [3.63, 3.8) is 0 Å². The zero-order chi connectivity index (χ0) is 14.9. The smallest absolute Gasteiger partial charge is 0.269 e. The summed E-state index contributed by atoms with van der Waals surface area (Å²) < 4.78 is 12.5. The largest absolute Gasteiger partial charge is 0.485 e. The number of para-hydroxylation sites is 2. The lowest BCUT2D eigenvalue weighted by Gasteiger charge is -2.25. The molecule has 1 N–H and O–H groups in total. The van der Waals surface area contributed by atoms with Gasteiger partial charge in [0.15, 0.2) is 11.5 Å². The van der Waals surface area contributed by atoms with Crippen LogP contribution in [0.15, 0.2) is 53.9 Å². The van der Waals surface area contributed by atoms with Crippen LogP contribution < -0.4 is 14.8 Å². The van der Waals surface area contributed by atoms with Crippen molar-refractivity contribution in [3.05, 3.63) is 53.9 Å². The maximum Gasteiger partial charge on any atom is 0.269 e. The Kier molecular flexibility index (Phi) is 3.20. The SMILES string of the molecule is O=C(Nc1ccc2sccc2c1)[C@@H]1COc2ccccc2O1. The monoisotopic (exact) mass is 311 g/mol. The molecule has 0 aliphatic carbocycles. The minimum atomic E-state index is -0.645. The number of rotatable bonds is 2. The fourth-order valence-corrected chi connectivity index (χ4v) is 3.19. The summed E-state index contributed by atoms with van der Waals surface area (Å²) in [7, 11) is 0. The van der Waals surface area contributed by atoms with Crippen LogP contribution in [0.3, 0.4) is 0 Å². The normalized spacial score (nSPS) is 16.5. The summed E-state index contributed by atoms with van der Waals surface area (Å²) in [6.45, 7) is 0.212. The highest BCUT2D eigenvalue weighted by Crippen LogP contribution is 2.31. The Morgan fingerprint density at radius 2 is 2.00 bits per heavy atom. The summed E-state index contributed by atoms with van der Waals surface area (Å²) in [4.78, 5) is 12.3. The second-order valence-electron chi connectivity index (χ2n) is 5.03. The molecule has 22 heavy (non-hydrogen) atoms. The first-order valence-electron chi connectivity index (χ1n) is 6.96. The van der Waals surface area contributed by atoms with Gasteiger partial charge in [0, 0.05) is 10.4 Å². The third kappa shape index (κ3) is 2.40. The van der Waals surface area contributed by atoms with E-state index in [0.29, 0.717) is 11.5 Å². The summed E-state index contributed by atoms with van der Waals surface area (Å²) in [5.74, 6) is 1.07. The van der Waals surface area contributed by atoms with Crippen LogP contribution in [-0.4, -0.2) is 18.6 Å². The number of hydrogen-bond donors (Lipinski definition) is 1. The molecule has 4 rings (SSSR count). The maximum absolute atomic E-state index is 12.3. The molecular formula is C17H13NO3S. The summed E-state index contributed by atoms with van der Waals surface area (Å²) in [6.07, 6.45) is -0.645. The van der Waals surface area contributed by atoms with E-state index in [2.05, 4.69) is 5.32 Å². The van der Waals surface area contributed by atoms with Crippen molar-refractivity contribution in [2.45, 2.75) is 6.10 Å². The van der Waals surface area contributed by atoms with E-state index in [1.165, 1.54) is 4.70 Å². The molecule has 0 unspecified atom stereocenters. The van der Waals surface area contributed by atoms with Crippen LogP contribution in [0.2, 0.25) is 0 Å². The van der Waals surface area contributed by atoms with E-state index < -0.39 is 6.10 Å². The number of carbonyl (C=O) groups is 1. The lowest BCUT2D eigenvalue weighted by atomic mass is 10.2. The Labute approximate surface area is 131 Å². The Morgan fingerprint density at radius 3 is 2.91 bits per heavy atom. The van der Waals surface area contributed by atoms with E-state index in [9.17, 15) is 4.79 Å². The number of fused-ring (bicyclic) bond motifs is 2. The predicted molar refractivity (Wildman–Crippen MR) is 86.8 cm³/mol. The Balaban J connectivity index is 1.50. The standard InChI is InChI=1S/C17H13NO3S/c19-17(15-10-20-13-3-1-2-4-14(13)21-15)18-12-5-6-16-11(9-12)7-8-22-16/h1-9,15H,10H2,(H,18,19)/t15-/m0/s1. The quantitative estimate of drug-likeness (QED) is 0.785. The van der Waals surface area contributed by atoms with Crippen LogP contribution in [0.5, 0.6) is 11.5 Å². The second kappa shape index (κ2) is 5.35. The Hall–Kier alpha value is -2.53. The number of benzene rings is 2. The van der Waals surface area contributed by atoms with Crippen LogP contribution in [0.4, 0.5) is 5.69 Å². The van der Waals surface area contributed by atoms with Crippen LogP contribution in [0.25, 0.3) is 10.1 Å². The van der Waals surface area contributed by atoms with Crippen LogP contribution in [0.1, 0.15) is 0 Å². The molecule has 3 aromatic rings. The molecule has 1 aromatic heterocycles. The van der Waals surface area contributed by atoms with Crippen molar-refractivity contribution in [2.24, 2.45) is 0 Å². The van der Waals surface area contributed by atoms with E-state index in [1.54, 1.807) is 17.4 Å². The van der Waals surface area contributed by atoms with Gasteiger partial charge in [0.1, 0.15) is 6.61 Å². The zero-order valence-electron chi connectivity index (χ0n) is 11.6. The molecule has 1 aliphatic rings. The van der Waals surface area contributed by atoms with E-state index in [0.717, 1.165) is 11.1 Å². The van der Waals surface area contributed by atoms with Crippen LogP contribution >= 0.6 is 11.3 Å². The minimum absolute atomic E-state index is 0.205. The Bertz CT molecular complexity index is 843. The highest BCUT2D eigenvalue weighted by molar-refractivity contribution is 7.17. The van der Waals surface area contributed by atoms with Crippen molar-refractivity contribution >= 4 is 33.0 Å². The van der Waals surface area contributed by atoms with Crippen molar-refractivity contribution in [1.29, 1.82) is 0 Å². The number of carbonyl (C=O) groups excluding carboxylic acids is 1. The second-order valence-corrected chi connectivity index (χ2v) is 5.97. The average Bonchev–Trinajstić information content (AvgIpc) is 3.02. The summed E-state index contributed by atoms with van der Waals surface area (Å²) in [5, 5.41) is 6.04. The van der Waals surface area contributed by atoms with Gasteiger partial charge in [-0.05, 0) is 47.2 Å². The fraction of sp³-hybridized carbons (Fsp3) is 0.118. The van der Waals surface area contributed by atoms with Crippen molar-refractivity contribution < 1.29 is 14.3 Å². The molecule has 2 aromatic carbocycles. The van der Waals surface area contributed by atoms with Gasteiger partial charge in [0.05, 0.1) is 0 Å². The first-order chi connectivity index (χ1) is 10.8. The van der Waals surface area contributed by atoms with Crippen LogP contribution in [0, 0.1) is 0 Å². The lowest BCUT2D eigenvalue weighted by Crippen LogP contribution is -2.40. The molecule has 0 saturated heterocycles. The van der Waals surface area contributed by atoms with Crippen molar-refractivity contribution in [3.8, 4) is 11.5 Å². The van der Waals surface area contributed by atoms with Gasteiger partial charge >= 0.3 is 0 Å². The summed E-state index contributed by atoms with van der Waals surface area (Å²) >= 11 is 1.68. The topological polar surface area (TPSA) is 47.6 Å². The predicted octanol–water partition coefficient (Wildman–Crippen LogP) is 3.68. The highest BCUT2D eigenvalue weighted by atomic mass is 32.1. The summed E-state index contributed by atoms with van der Waals surface area (Å²) in [5.41, 5.74) is 0.762. The first kappa shape index (κ1) is 13.2. The number of anilines is 1. The molecule has 1 aliphatic heterocycles. The Morgan fingerprint density at radius 1 is 1.14 bits per heavy atom. The van der Waals surface area contributed by atoms with Gasteiger partial charge in [-0.3, -0.25) is 4.79 Å². The number of ether oxygens (including phenoxy) is 2. The third-order valence-corrected chi connectivity index (χ3v) is 4.42. The van der Waals surface area contributed by atoms with Crippen molar-refractivity contribution in [1.82, 2.24) is 0 Å². The lowest BCUT2D eigenvalue weighted by molar-refractivity contribution is -0.125. The third-order valence-electron chi connectivity index (χ3n) is 3.52. The van der Waals surface area contributed by atoms with Gasteiger partial charge in [-0.15, -0.1) is 11.3 Å². The molecule has 2 heterocycles. The number of thiophene rings is 1. The molecular weight excluding hydrogens is 298 g/mol. The maximum atomic E-state index is 12.3. The van der Waals surface area contributed by atoms with Crippen LogP contribution in [-0.2, 0) is 4.79 Å². The minimum Gasteiger partial charge on any atom is -0.485 e. The average molecular weight is 311 g/mol. The van der Waals surface area contributed by atoms with E-state index in [1.807, 2.05) is 47.8 Å². The van der Waals surface area contributed by atoms with Gasteiger partial charge in [-0.2, -0.15) is 0 Å². The molecule has 1 atom stereocenters. The molecule has 0 fully saturated rings. The summed E-state index contributed by atoms with van der Waals surface area (Å²) in [6, 6.07) is 15.2. The number of nitrogens with one attached hydrogen (secondary N) is 1. The highest BCUT2D eigenvalue weighted by Gasteiger charge is 2.27. The molecule has 0 spiro atoms. The molecule has 0 bridgehead atoms. The van der Waals surface area contributed by atoms with Gasteiger partial charge in [-0.25, -0.2) is 0 Å². The molecule has 110 valence electrons. The molecule has 0 radical (unpaired) electrons. The first-order valence-corrected chi connectivity index (χ1v) is 7.84. The molecule has 0 saturated carbocycles. The van der Waals surface area contributed by atoms with Gasteiger partial charge < -0.3 is 14.8 Å². The van der Waals surface area contributed by atoms with Gasteiger partial charge in [0.2, 0.25) is 6.10 Å². The van der Waals surface area contributed by atoms with E-state index >= 15 is 0 Å². The molecule has 4 nitrogen and oxygen atoms in total. The van der Waals surface area contributed by atoms with Gasteiger partial charge in [-0.1, -0.05) is 12.1 Å².